The van der Waals surface area contributed by atoms with Gasteiger partial charge >= 0.3 is 0 Å². The quantitative estimate of drug-likeness (QED) is 0.704. The summed E-state index contributed by atoms with van der Waals surface area (Å²) in [6.45, 7) is 2.27. The molecule has 0 bridgehead atoms. The fourth-order valence-electron chi connectivity index (χ4n) is 2.05. The van der Waals surface area contributed by atoms with Crippen molar-refractivity contribution in [2.75, 3.05) is 20.1 Å². The van der Waals surface area contributed by atoms with Crippen LogP contribution in [0.3, 0.4) is 0 Å². The van der Waals surface area contributed by atoms with E-state index in [0.717, 1.165) is 31.6 Å². The van der Waals surface area contributed by atoms with Crippen LogP contribution < -0.4 is 0 Å². The van der Waals surface area contributed by atoms with Crippen molar-refractivity contribution in [2.45, 2.75) is 19.3 Å². The van der Waals surface area contributed by atoms with Crippen molar-refractivity contribution in [3.05, 3.63) is 17.5 Å². The molecule has 0 N–H and O–H groups in total. The first-order chi connectivity index (χ1) is 7.29. The first-order valence-corrected chi connectivity index (χ1v) is 5.37. The van der Waals surface area contributed by atoms with Crippen LogP contribution in [-0.2, 0) is 6.42 Å². The van der Waals surface area contributed by atoms with E-state index in [1.165, 1.54) is 19.0 Å². The highest BCUT2D eigenvalue weighted by Gasteiger charge is 2.20. The van der Waals surface area contributed by atoms with Crippen molar-refractivity contribution >= 4 is 6.29 Å². The van der Waals surface area contributed by atoms with Gasteiger partial charge in [0, 0.05) is 6.42 Å². The van der Waals surface area contributed by atoms with Gasteiger partial charge in [-0.25, -0.2) is 0 Å². The average Bonchev–Trinajstić information content (AvgIpc) is 2.69. The lowest BCUT2D eigenvalue weighted by Gasteiger charge is -2.28. The number of carbonyl (C=O) groups excluding carboxylic acids is 1. The van der Waals surface area contributed by atoms with Crippen molar-refractivity contribution in [3.63, 3.8) is 0 Å². The van der Waals surface area contributed by atoms with Gasteiger partial charge in [-0.1, -0.05) is 5.16 Å². The van der Waals surface area contributed by atoms with Gasteiger partial charge in [0.1, 0.15) is 5.76 Å². The Bertz CT molecular complexity index is 327. The summed E-state index contributed by atoms with van der Waals surface area (Å²) in [5, 5.41) is 3.66. The number of piperidine rings is 1. The van der Waals surface area contributed by atoms with Crippen LogP contribution in [0.2, 0.25) is 0 Å². The van der Waals surface area contributed by atoms with Crippen molar-refractivity contribution in [1.82, 2.24) is 10.1 Å². The molecule has 82 valence electrons. The predicted molar refractivity (Wildman–Crippen MR) is 55.8 cm³/mol. The first kappa shape index (κ1) is 10.4. The number of aromatic nitrogens is 1. The van der Waals surface area contributed by atoms with Crippen molar-refractivity contribution in [3.8, 4) is 0 Å². The second-order valence-corrected chi connectivity index (χ2v) is 4.27. The number of hydrogen-bond donors (Lipinski definition) is 0. The van der Waals surface area contributed by atoms with E-state index >= 15 is 0 Å². The second-order valence-electron chi connectivity index (χ2n) is 4.27. The van der Waals surface area contributed by atoms with E-state index in [-0.39, 0.29) is 0 Å². The van der Waals surface area contributed by atoms with Crippen LogP contribution in [0.25, 0.3) is 0 Å². The molecule has 4 heteroatoms. The van der Waals surface area contributed by atoms with Gasteiger partial charge < -0.3 is 9.42 Å². The van der Waals surface area contributed by atoms with Crippen molar-refractivity contribution in [2.24, 2.45) is 5.92 Å². The normalized spacial score (nSPS) is 19.3. The number of rotatable bonds is 3. The van der Waals surface area contributed by atoms with Gasteiger partial charge in [0.05, 0.1) is 11.8 Å². The number of hydrogen-bond acceptors (Lipinski definition) is 4. The third kappa shape index (κ3) is 2.45. The van der Waals surface area contributed by atoms with Crippen LogP contribution in [0.1, 0.15) is 29.0 Å². The minimum Gasteiger partial charge on any atom is -0.361 e. The zero-order valence-electron chi connectivity index (χ0n) is 8.98. The Labute approximate surface area is 89.2 Å². The highest BCUT2D eigenvalue weighted by atomic mass is 16.5. The fraction of sp³-hybridized carbons (Fsp3) is 0.636. The molecule has 0 amide bonds. The van der Waals surface area contributed by atoms with Gasteiger partial charge in [0.25, 0.3) is 0 Å². The maximum Gasteiger partial charge on any atom is 0.155 e. The molecule has 1 aliphatic rings. The second kappa shape index (κ2) is 4.57. The van der Waals surface area contributed by atoms with Gasteiger partial charge in [0.2, 0.25) is 0 Å². The van der Waals surface area contributed by atoms with Gasteiger partial charge in [-0.3, -0.25) is 4.79 Å². The molecule has 1 aliphatic heterocycles. The van der Waals surface area contributed by atoms with Gasteiger partial charge in [-0.2, -0.15) is 0 Å². The Morgan fingerprint density at radius 2 is 2.33 bits per heavy atom. The monoisotopic (exact) mass is 208 g/mol. The summed E-state index contributed by atoms with van der Waals surface area (Å²) in [6.07, 6.45) is 5.52. The van der Waals surface area contributed by atoms with Crippen LogP contribution in [-0.4, -0.2) is 36.5 Å². The molecule has 0 spiro atoms. The Morgan fingerprint density at radius 1 is 1.60 bits per heavy atom. The minimum absolute atomic E-state index is 0.605. The summed E-state index contributed by atoms with van der Waals surface area (Å²) in [6, 6.07) is 0. The number of nitrogens with zero attached hydrogens (tertiary/aromatic N) is 2. The van der Waals surface area contributed by atoms with Crippen LogP contribution in [0.15, 0.2) is 10.7 Å². The van der Waals surface area contributed by atoms with Crippen molar-refractivity contribution < 1.29 is 9.32 Å². The van der Waals surface area contributed by atoms with Gasteiger partial charge in [-0.15, -0.1) is 0 Å². The first-order valence-electron chi connectivity index (χ1n) is 5.37. The maximum atomic E-state index is 10.7. The number of likely N-dealkylation sites (tertiary alicyclic amines) is 1. The lowest BCUT2D eigenvalue weighted by Crippen LogP contribution is -2.31. The largest absolute Gasteiger partial charge is 0.361 e. The Hall–Kier alpha value is -1.16. The SMILES string of the molecule is CN1CCC(Cc2oncc2C=O)CC1. The summed E-state index contributed by atoms with van der Waals surface area (Å²) < 4.78 is 5.09. The zero-order chi connectivity index (χ0) is 10.7. The van der Waals surface area contributed by atoms with E-state index in [0.29, 0.717) is 11.5 Å². The molecule has 2 heterocycles. The Morgan fingerprint density at radius 3 is 3.00 bits per heavy atom. The molecule has 0 aliphatic carbocycles. The summed E-state index contributed by atoms with van der Waals surface area (Å²) in [7, 11) is 2.14. The molecule has 0 radical (unpaired) electrons. The molecule has 0 aromatic carbocycles. The molecular weight excluding hydrogens is 192 g/mol. The average molecular weight is 208 g/mol. The highest BCUT2D eigenvalue weighted by Crippen LogP contribution is 2.21. The molecule has 15 heavy (non-hydrogen) atoms. The van der Waals surface area contributed by atoms with Crippen LogP contribution in [0, 0.1) is 5.92 Å². The van der Waals surface area contributed by atoms with E-state index in [2.05, 4.69) is 17.1 Å². The number of aldehydes is 1. The Kier molecular flexibility index (Phi) is 3.16. The summed E-state index contributed by atoms with van der Waals surface area (Å²) in [5.41, 5.74) is 0.605. The smallest absolute Gasteiger partial charge is 0.155 e. The summed E-state index contributed by atoms with van der Waals surface area (Å²) in [5.74, 6) is 1.38. The molecule has 1 aromatic rings. The van der Waals surface area contributed by atoms with Crippen LogP contribution in [0.4, 0.5) is 0 Å². The summed E-state index contributed by atoms with van der Waals surface area (Å²) >= 11 is 0. The molecule has 4 nitrogen and oxygen atoms in total. The third-order valence-corrected chi connectivity index (χ3v) is 3.12. The third-order valence-electron chi connectivity index (χ3n) is 3.12. The van der Waals surface area contributed by atoms with E-state index in [1.54, 1.807) is 0 Å². The Balaban J connectivity index is 1.94. The van der Waals surface area contributed by atoms with Crippen LogP contribution >= 0.6 is 0 Å². The van der Waals surface area contributed by atoms with E-state index < -0.39 is 0 Å². The zero-order valence-corrected chi connectivity index (χ0v) is 8.98. The van der Waals surface area contributed by atoms with Crippen molar-refractivity contribution in [1.29, 1.82) is 0 Å². The van der Waals surface area contributed by atoms with E-state index in [4.69, 9.17) is 4.52 Å². The topological polar surface area (TPSA) is 46.3 Å². The highest BCUT2D eigenvalue weighted by molar-refractivity contribution is 5.75. The maximum absolute atomic E-state index is 10.7. The molecule has 2 rings (SSSR count). The molecule has 1 saturated heterocycles. The minimum atomic E-state index is 0.605. The van der Waals surface area contributed by atoms with E-state index in [9.17, 15) is 4.79 Å². The molecule has 0 atom stereocenters. The van der Waals surface area contributed by atoms with Gasteiger partial charge in [0.15, 0.2) is 6.29 Å². The lowest BCUT2D eigenvalue weighted by atomic mass is 9.92. The molecule has 1 aromatic heterocycles. The standard InChI is InChI=1S/C11H16N2O2/c1-13-4-2-9(3-5-13)6-11-10(8-14)7-12-15-11/h7-9H,2-6H2,1H3. The van der Waals surface area contributed by atoms with Crippen LogP contribution in [0.5, 0.6) is 0 Å². The summed E-state index contributed by atoms with van der Waals surface area (Å²) in [4.78, 5) is 13.0. The molecule has 0 saturated carbocycles. The molecule has 1 fully saturated rings. The fourth-order valence-corrected chi connectivity index (χ4v) is 2.05. The molecule has 0 unspecified atom stereocenters. The molecular formula is C11H16N2O2. The lowest BCUT2D eigenvalue weighted by molar-refractivity contribution is 0.112. The predicted octanol–water partition coefficient (Wildman–Crippen LogP) is 1.37. The number of carbonyl (C=O) groups is 1. The van der Waals surface area contributed by atoms with Gasteiger partial charge in [-0.05, 0) is 38.9 Å². The van der Waals surface area contributed by atoms with E-state index in [1.807, 2.05) is 0 Å².